The van der Waals surface area contributed by atoms with Crippen LogP contribution in [-0.4, -0.2) is 40.3 Å². The second-order valence-electron chi connectivity index (χ2n) is 3.45. The zero-order valence-electron chi connectivity index (χ0n) is 10.4. The third-order valence-corrected chi connectivity index (χ3v) is 3.07. The molecule has 0 bridgehead atoms. The molecular formula is C10H12N6O2S. The third kappa shape index (κ3) is 3.35. The van der Waals surface area contributed by atoms with Crippen molar-refractivity contribution in [1.82, 2.24) is 25.5 Å². The van der Waals surface area contributed by atoms with Crippen molar-refractivity contribution in [1.29, 1.82) is 0 Å². The first-order valence-corrected chi connectivity index (χ1v) is 6.19. The lowest BCUT2D eigenvalue weighted by atomic mass is 10.5. The number of nitrogens with zero attached hydrogens (tertiary/aromatic N) is 5. The van der Waals surface area contributed by atoms with Crippen LogP contribution in [0, 0.1) is 0 Å². The molecule has 9 heteroatoms. The number of aromatic nitrogens is 4. The average molecular weight is 280 g/mol. The van der Waals surface area contributed by atoms with E-state index in [1.54, 1.807) is 32.7 Å². The minimum atomic E-state index is -0.267. The first-order chi connectivity index (χ1) is 9.20. The van der Waals surface area contributed by atoms with Crippen LogP contribution in [0.25, 0.3) is 0 Å². The molecule has 0 aliphatic carbocycles. The van der Waals surface area contributed by atoms with Gasteiger partial charge in [-0.2, -0.15) is 0 Å². The number of rotatable bonds is 4. The maximum atomic E-state index is 11.4. The number of anilines is 1. The van der Waals surface area contributed by atoms with Gasteiger partial charge in [-0.15, -0.1) is 5.10 Å². The van der Waals surface area contributed by atoms with Crippen molar-refractivity contribution in [2.45, 2.75) is 6.61 Å². The van der Waals surface area contributed by atoms with Gasteiger partial charge in [-0.05, 0) is 11.3 Å². The fourth-order valence-electron chi connectivity index (χ4n) is 1.19. The van der Waals surface area contributed by atoms with E-state index in [1.807, 2.05) is 0 Å². The van der Waals surface area contributed by atoms with E-state index in [0.29, 0.717) is 16.0 Å². The number of urea groups is 1. The fraction of sp³-hybridized carbons (Fsp3) is 0.300. The van der Waals surface area contributed by atoms with Crippen molar-refractivity contribution in [2.24, 2.45) is 0 Å². The van der Waals surface area contributed by atoms with E-state index < -0.39 is 0 Å². The zero-order chi connectivity index (χ0) is 13.7. The molecule has 2 aromatic rings. The molecule has 2 heterocycles. The van der Waals surface area contributed by atoms with E-state index in [4.69, 9.17) is 4.74 Å². The van der Waals surface area contributed by atoms with E-state index in [-0.39, 0.29) is 12.6 Å². The predicted octanol–water partition coefficient (Wildman–Crippen LogP) is 0.683. The quantitative estimate of drug-likeness (QED) is 0.885. The number of hydrogen-bond acceptors (Lipinski definition) is 7. The van der Waals surface area contributed by atoms with Crippen molar-refractivity contribution >= 4 is 22.5 Å². The highest BCUT2D eigenvalue weighted by atomic mass is 32.1. The summed E-state index contributed by atoms with van der Waals surface area (Å²) in [5.41, 5.74) is 0.693. The van der Waals surface area contributed by atoms with Gasteiger partial charge in [-0.1, -0.05) is 5.10 Å². The van der Waals surface area contributed by atoms with Gasteiger partial charge in [0.15, 0.2) is 0 Å². The van der Waals surface area contributed by atoms with E-state index in [2.05, 4.69) is 25.5 Å². The van der Waals surface area contributed by atoms with Crippen molar-refractivity contribution in [3.8, 4) is 5.19 Å². The summed E-state index contributed by atoms with van der Waals surface area (Å²) in [6.07, 6.45) is 4.78. The first-order valence-electron chi connectivity index (χ1n) is 5.37. The Kier molecular flexibility index (Phi) is 4.18. The number of carbonyl (C=O) groups excluding carboxylic acids is 1. The Morgan fingerprint density at radius 2 is 2.32 bits per heavy atom. The van der Waals surface area contributed by atoms with E-state index >= 15 is 0 Å². The maximum absolute atomic E-state index is 11.4. The summed E-state index contributed by atoms with van der Waals surface area (Å²) in [4.78, 5) is 20.7. The Balaban J connectivity index is 1.96. The molecule has 0 aromatic carbocycles. The van der Waals surface area contributed by atoms with Gasteiger partial charge in [0.25, 0.3) is 5.19 Å². The van der Waals surface area contributed by atoms with Crippen molar-refractivity contribution < 1.29 is 9.53 Å². The summed E-state index contributed by atoms with van der Waals surface area (Å²) in [5.74, 6) is 0. The smallest absolute Gasteiger partial charge is 0.323 e. The Bertz CT molecular complexity index is 546. The third-order valence-electron chi connectivity index (χ3n) is 2.16. The highest BCUT2D eigenvalue weighted by Gasteiger charge is 2.14. The predicted molar refractivity (Wildman–Crippen MR) is 69.1 cm³/mol. The van der Waals surface area contributed by atoms with Crippen molar-refractivity contribution in [3.63, 3.8) is 0 Å². The number of ether oxygens (including phenoxy) is 1. The second kappa shape index (κ2) is 6.05. The molecule has 0 spiro atoms. The Morgan fingerprint density at radius 1 is 1.47 bits per heavy atom. The lowest BCUT2D eigenvalue weighted by molar-refractivity contribution is 0.249. The van der Waals surface area contributed by atoms with Crippen molar-refractivity contribution in [3.05, 3.63) is 24.3 Å². The first kappa shape index (κ1) is 13.1. The van der Waals surface area contributed by atoms with Crippen LogP contribution in [0.5, 0.6) is 5.19 Å². The zero-order valence-corrected chi connectivity index (χ0v) is 11.2. The van der Waals surface area contributed by atoms with Gasteiger partial charge in [-0.3, -0.25) is 14.9 Å². The molecule has 0 aliphatic rings. The van der Waals surface area contributed by atoms with Crippen LogP contribution in [0.4, 0.5) is 9.93 Å². The van der Waals surface area contributed by atoms with Gasteiger partial charge >= 0.3 is 6.03 Å². The molecular weight excluding hydrogens is 268 g/mol. The topological polar surface area (TPSA) is 93.1 Å². The number of hydrogen-bond donors (Lipinski definition) is 1. The lowest BCUT2D eigenvalue weighted by Gasteiger charge is -2.10. The summed E-state index contributed by atoms with van der Waals surface area (Å²) in [7, 11) is 3.15. The molecule has 1 N–H and O–H groups in total. The molecule has 0 saturated carbocycles. The van der Waals surface area contributed by atoms with Crippen LogP contribution in [0.15, 0.2) is 18.6 Å². The molecule has 0 aliphatic heterocycles. The van der Waals surface area contributed by atoms with Gasteiger partial charge in [-0.25, -0.2) is 4.79 Å². The molecule has 2 aromatic heterocycles. The van der Waals surface area contributed by atoms with E-state index in [1.165, 1.54) is 16.2 Å². The molecule has 0 radical (unpaired) electrons. The monoisotopic (exact) mass is 280 g/mol. The van der Waals surface area contributed by atoms with Gasteiger partial charge in [0, 0.05) is 26.5 Å². The van der Waals surface area contributed by atoms with Gasteiger partial charge in [0.1, 0.15) is 6.61 Å². The minimum absolute atomic E-state index is 0.256. The minimum Gasteiger partial charge on any atom is -0.462 e. The normalized spacial score (nSPS) is 10.0. The fourth-order valence-corrected chi connectivity index (χ4v) is 1.85. The molecule has 100 valence electrons. The highest BCUT2D eigenvalue weighted by Crippen LogP contribution is 2.25. The van der Waals surface area contributed by atoms with Crippen LogP contribution < -0.4 is 15.0 Å². The molecule has 19 heavy (non-hydrogen) atoms. The molecule has 0 unspecified atom stereocenters. The van der Waals surface area contributed by atoms with Crippen LogP contribution in [0.3, 0.4) is 0 Å². The van der Waals surface area contributed by atoms with Gasteiger partial charge in [0.2, 0.25) is 5.13 Å². The number of carbonyl (C=O) groups is 1. The van der Waals surface area contributed by atoms with E-state index in [9.17, 15) is 4.79 Å². The lowest BCUT2D eigenvalue weighted by Crippen LogP contribution is -2.34. The van der Waals surface area contributed by atoms with Crippen LogP contribution in [0.2, 0.25) is 0 Å². The summed E-state index contributed by atoms with van der Waals surface area (Å²) >= 11 is 1.18. The molecule has 2 amide bonds. The SMILES string of the molecule is CNC(=O)N(C)c1nnc(OCc2cnccn2)s1. The second-order valence-corrected chi connectivity index (χ2v) is 4.37. The van der Waals surface area contributed by atoms with Crippen LogP contribution in [0.1, 0.15) is 5.69 Å². The largest absolute Gasteiger partial charge is 0.462 e. The standard InChI is InChI=1S/C10H12N6O2S/c1-11-8(17)16(2)9-14-15-10(19-9)18-6-7-5-12-3-4-13-7/h3-5H,6H2,1-2H3,(H,11,17). The van der Waals surface area contributed by atoms with Gasteiger partial charge < -0.3 is 10.1 Å². The average Bonchev–Trinajstić information content (AvgIpc) is 2.93. The van der Waals surface area contributed by atoms with Crippen LogP contribution >= 0.6 is 11.3 Å². The number of nitrogens with one attached hydrogen (secondary N) is 1. The number of amides is 2. The summed E-state index contributed by atoms with van der Waals surface area (Å²) < 4.78 is 5.42. The molecule has 0 fully saturated rings. The van der Waals surface area contributed by atoms with Crippen molar-refractivity contribution in [2.75, 3.05) is 19.0 Å². The van der Waals surface area contributed by atoms with Crippen LogP contribution in [-0.2, 0) is 6.61 Å². The molecule has 2 rings (SSSR count). The maximum Gasteiger partial charge on any atom is 0.323 e. The Hall–Kier alpha value is -2.29. The Labute approximate surface area is 113 Å². The van der Waals surface area contributed by atoms with Gasteiger partial charge in [0.05, 0.1) is 11.9 Å². The molecule has 8 nitrogen and oxygen atoms in total. The van der Waals surface area contributed by atoms with E-state index in [0.717, 1.165) is 0 Å². The summed E-state index contributed by atoms with van der Waals surface area (Å²) in [5, 5.41) is 11.0. The highest BCUT2D eigenvalue weighted by molar-refractivity contribution is 7.17. The summed E-state index contributed by atoms with van der Waals surface area (Å²) in [6, 6.07) is -0.267. The molecule has 0 atom stereocenters. The molecule has 0 saturated heterocycles. The Morgan fingerprint density at radius 3 is 3.00 bits per heavy atom. The summed E-state index contributed by atoms with van der Waals surface area (Å²) in [6.45, 7) is 0.256.